The van der Waals surface area contributed by atoms with Gasteiger partial charge in [-0.25, -0.2) is 0 Å². The van der Waals surface area contributed by atoms with Gasteiger partial charge in [0.05, 0.1) is 6.61 Å². The second-order valence-corrected chi connectivity index (χ2v) is 6.07. The topological polar surface area (TPSA) is 21.3 Å². The van der Waals surface area contributed by atoms with Gasteiger partial charge in [0.1, 0.15) is 0 Å². The fourth-order valence-electron chi connectivity index (χ4n) is 2.42. The molecule has 0 unspecified atom stereocenters. The molecule has 2 nitrogen and oxygen atoms in total. The lowest BCUT2D eigenvalue weighted by Gasteiger charge is -2.33. The van der Waals surface area contributed by atoms with E-state index in [0.29, 0.717) is 0 Å². The van der Waals surface area contributed by atoms with Gasteiger partial charge in [0.25, 0.3) is 0 Å². The van der Waals surface area contributed by atoms with Gasteiger partial charge in [0.2, 0.25) is 0 Å². The summed E-state index contributed by atoms with van der Waals surface area (Å²) in [6.07, 6.45) is 3.08. The van der Waals surface area contributed by atoms with Crippen LogP contribution in [0.15, 0.2) is 18.2 Å². The highest BCUT2D eigenvalue weighted by Crippen LogP contribution is 2.35. The summed E-state index contributed by atoms with van der Waals surface area (Å²) in [5, 5.41) is 5.01. The maximum Gasteiger partial charge on any atom is 0.0587 e. The molecule has 4 heteroatoms. The molecule has 0 fully saturated rings. The van der Waals surface area contributed by atoms with E-state index in [-0.39, 0.29) is 5.41 Å². The number of ether oxygens (including phenoxy) is 1. The summed E-state index contributed by atoms with van der Waals surface area (Å²) in [6, 6.07) is 5.72. The van der Waals surface area contributed by atoms with Crippen LogP contribution >= 0.6 is 23.2 Å². The van der Waals surface area contributed by atoms with Crippen LogP contribution in [-0.2, 0) is 11.2 Å². The van der Waals surface area contributed by atoms with Crippen molar-refractivity contribution in [3.8, 4) is 0 Å². The first kappa shape index (κ1) is 17.8. The normalized spacial score (nSPS) is 11.8. The maximum absolute atomic E-state index is 6.31. The molecule has 0 saturated carbocycles. The van der Waals surface area contributed by atoms with Crippen LogP contribution < -0.4 is 5.32 Å². The minimum atomic E-state index is 0.183. The molecular weight excluding hydrogens is 293 g/mol. The van der Waals surface area contributed by atoms with E-state index in [1.54, 1.807) is 7.11 Å². The quantitative estimate of drug-likeness (QED) is 0.673. The van der Waals surface area contributed by atoms with Gasteiger partial charge >= 0.3 is 0 Å². The third-order valence-electron chi connectivity index (χ3n) is 4.10. The molecule has 20 heavy (non-hydrogen) atoms. The Labute approximate surface area is 132 Å². The predicted octanol–water partition coefficient (Wildman–Crippen LogP) is 4.58. The van der Waals surface area contributed by atoms with E-state index in [1.165, 1.54) is 0 Å². The average molecular weight is 318 g/mol. The second kappa shape index (κ2) is 8.89. The third-order valence-corrected chi connectivity index (χ3v) is 4.80. The first-order valence-electron chi connectivity index (χ1n) is 7.21. The van der Waals surface area contributed by atoms with Crippen molar-refractivity contribution in [2.45, 2.75) is 33.1 Å². The summed E-state index contributed by atoms with van der Waals surface area (Å²) >= 11 is 12.6. The molecule has 0 heterocycles. The van der Waals surface area contributed by atoms with Crippen LogP contribution in [0.4, 0.5) is 0 Å². The number of halogens is 2. The highest BCUT2D eigenvalue weighted by molar-refractivity contribution is 6.36. The van der Waals surface area contributed by atoms with Crippen molar-refractivity contribution >= 4 is 23.2 Å². The minimum absolute atomic E-state index is 0.183. The summed E-state index contributed by atoms with van der Waals surface area (Å²) < 4.78 is 5.08. The van der Waals surface area contributed by atoms with Gasteiger partial charge in [-0.05, 0) is 42.4 Å². The third kappa shape index (κ3) is 4.92. The van der Waals surface area contributed by atoms with Gasteiger partial charge in [-0.15, -0.1) is 0 Å². The molecular formula is C16H25Cl2NO. The zero-order chi connectivity index (χ0) is 15.0. The molecule has 1 aromatic rings. The molecule has 0 radical (unpaired) electrons. The van der Waals surface area contributed by atoms with Gasteiger partial charge in [0, 0.05) is 30.2 Å². The largest absolute Gasteiger partial charge is 0.383 e. The Morgan fingerprint density at radius 1 is 1.15 bits per heavy atom. The Morgan fingerprint density at radius 2 is 1.75 bits per heavy atom. The smallest absolute Gasteiger partial charge is 0.0587 e. The predicted molar refractivity (Wildman–Crippen MR) is 87.9 cm³/mol. The van der Waals surface area contributed by atoms with E-state index in [2.05, 4.69) is 19.2 Å². The molecule has 1 aromatic carbocycles. The number of hydrogen-bond acceptors (Lipinski definition) is 2. The van der Waals surface area contributed by atoms with Crippen LogP contribution in [0.1, 0.15) is 32.3 Å². The first-order chi connectivity index (χ1) is 9.58. The number of hydrogen-bond donors (Lipinski definition) is 1. The summed E-state index contributed by atoms with van der Waals surface area (Å²) in [5.41, 5.74) is 1.25. The molecule has 0 bridgehead atoms. The fraction of sp³-hybridized carbons (Fsp3) is 0.625. The Morgan fingerprint density at radius 3 is 2.25 bits per heavy atom. The number of benzene rings is 1. The molecule has 0 spiro atoms. The lowest BCUT2D eigenvalue weighted by Crippen LogP contribution is -2.37. The molecule has 0 amide bonds. The van der Waals surface area contributed by atoms with E-state index in [4.69, 9.17) is 27.9 Å². The highest BCUT2D eigenvalue weighted by atomic mass is 35.5. The van der Waals surface area contributed by atoms with Gasteiger partial charge in [0.15, 0.2) is 0 Å². The van der Waals surface area contributed by atoms with Crippen molar-refractivity contribution in [2.75, 3.05) is 26.8 Å². The zero-order valence-corrected chi connectivity index (χ0v) is 14.2. The molecule has 0 aliphatic carbocycles. The molecule has 1 rings (SSSR count). The number of nitrogens with one attached hydrogen (secondary N) is 1. The molecule has 1 N–H and O–H groups in total. The van der Waals surface area contributed by atoms with Crippen molar-refractivity contribution in [2.24, 2.45) is 5.41 Å². The summed E-state index contributed by atoms with van der Waals surface area (Å²) in [4.78, 5) is 0. The highest BCUT2D eigenvalue weighted by Gasteiger charge is 2.28. The lowest BCUT2D eigenvalue weighted by molar-refractivity contribution is 0.185. The standard InChI is InChI=1S/C16H25Cl2NO/c1-4-16(5-2,12-19-9-10-20-3)11-13-14(17)7-6-8-15(13)18/h6-8,19H,4-5,9-12H2,1-3H3. The number of methoxy groups -OCH3 is 1. The van der Waals surface area contributed by atoms with E-state index in [9.17, 15) is 0 Å². The zero-order valence-electron chi connectivity index (χ0n) is 12.6. The van der Waals surface area contributed by atoms with Crippen LogP contribution in [0.5, 0.6) is 0 Å². The fourth-order valence-corrected chi connectivity index (χ4v) is 2.95. The molecule has 0 aliphatic heterocycles. The Hall–Kier alpha value is -0.280. The summed E-state index contributed by atoms with van der Waals surface area (Å²) in [7, 11) is 1.72. The van der Waals surface area contributed by atoms with Crippen molar-refractivity contribution in [3.63, 3.8) is 0 Å². The van der Waals surface area contributed by atoms with E-state index < -0.39 is 0 Å². The summed E-state index contributed by atoms with van der Waals surface area (Å²) in [5.74, 6) is 0. The second-order valence-electron chi connectivity index (χ2n) is 5.25. The SMILES string of the molecule is CCC(CC)(CNCCOC)Cc1c(Cl)cccc1Cl. The van der Waals surface area contributed by atoms with Crippen LogP contribution in [0.2, 0.25) is 10.0 Å². The van der Waals surface area contributed by atoms with Crippen molar-refractivity contribution in [1.82, 2.24) is 5.32 Å². The Balaban J connectivity index is 2.80. The first-order valence-corrected chi connectivity index (χ1v) is 7.96. The van der Waals surface area contributed by atoms with Gasteiger partial charge in [-0.2, -0.15) is 0 Å². The maximum atomic E-state index is 6.31. The van der Waals surface area contributed by atoms with Crippen molar-refractivity contribution < 1.29 is 4.74 Å². The van der Waals surface area contributed by atoms with Crippen LogP contribution in [0.3, 0.4) is 0 Å². The van der Waals surface area contributed by atoms with Crippen LogP contribution in [0.25, 0.3) is 0 Å². The van der Waals surface area contributed by atoms with Crippen LogP contribution in [0, 0.1) is 5.41 Å². The monoisotopic (exact) mass is 317 g/mol. The van der Waals surface area contributed by atoms with Crippen molar-refractivity contribution in [1.29, 1.82) is 0 Å². The minimum Gasteiger partial charge on any atom is -0.383 e. The Bertz CT molecular complexity index is 385. The molecule has 0 aromatic heterocycles. The average Bonchev–Trinajstić information content (AvgIpc) is 2.46. The summed E-state index contributed by atoms with van der Waals surface area (Å²) in [6.45, 7) is 7.01. The van der Waals surface area contributed by atoms with Gasteiger partial charge in [-0.1, -0.05) is 43.1 Å². The molecule has 114 valence electrons. The van der Waals surface area contributed by atoms with Crippen molar-refractivity contribution in [3.05, 3.63) is 33.8 Å². The van der Waals surface area contributed by atoms with E-state index in [0.717, 1.165) is 54.6 Å². The van der Waals surface area contributed by atoms with Crippen LogP contribution in [-0.4, -0.2) is 26.8 Å². The Kier molecular flexibility index (Phi) is 7.90. The molecule has 0 saturated heterocycles. The van der Waals surface area contributed by atoms with Gasteiger partial charge < -0.3 is 10.1 Å². The van der Waals surface area contributed by atoms with E-state index in [1.807, 2.05) is 18.2 Å². The lowest BCUT2D eigenvalue weighted by atomic mass is 9.77. The van der Waals surface area contributed by atoms with E-state index >= 15 is 0 Å². The molecule has 0 aliphatic rings. The molecule has 0 atom stereocenters. The number of rotatable bonds is 9. The van der Waals surface area contributed by atoms with Gasteiger partial charge in [-0.3, -0.25) is 0 Å².